The van der Waals surface area contributed by atoms with Crippen LogP contribution in [0.25, 0.3) is 0 Å². The number of benzene rings is 2. The van der Waals surface area contributed by atoms with Gasteiger partial charge in [0, 0.05) is 11.1 Å². The van der Waals surface area contributed by atoms with Crippen molar-refractivity contribution in [1.82, 2.24) is 5.43 Å². The Labute approximate surface area is 124 Å². The van der Waals surface area contributed by atoms with E-state index in [1.807, 2.05) is 26.0 Å². The molecule has 0 heterocycles. The van der Waals surface area contributed by atoms with E-state index in [0.717, 1.165) is 11.1 Å². The largest absolute Gasteiger partial charge is 0.507 e. The normalized spacial score (nSPS) is 11.3. The third kappa shape index (κ3) is 3.48. The van der Waals surface area contributed by atoms with Gasteiger partial charge in [0.05, 0.1) is 5.71 Å². The summed E-state index contributed by atoms with van der Waals surface area (Å²) < 4.78 is 0. The summed E-state index contributed by atoms with van der Waals surface area (Å²) in [6.07, 6.45) is 0. The van der Waals surface area contributed by atoms with Gasteiger partial charge in [0.25, 0.3) is 5.91 Å². The highest BCUT2D eigenvalue weighted by Crippen LogP contribution is 2.16. The second kappa shape index (κ2) is 6.22. The summed E-state index contributed by atoms with van der Waals surface area (Å²) in [5.41, 5.74) is 6.27. The predicted octanol–water partition coefficient (Wildman–Crippen LogP) is 3.16. The van der Waals surface area contributed by atoms with Crippen molar-refractivity contribution in [2.75, 3.05) is 0 Å². The minimum atomic E-state index is -0.262. The van der Waals surface area contributed by atoms with Gasteiger partial charge >= 0.3 is 0 Å². The number of rotatable bonds is 3. The van der Waals surface area contributed by atoms with Gasteiger partial charge < -0.3 is 5.11 Å². The molecule has 2 aromatic carbocycles. The first-order valence-corrected chi connectivity index (χ1v) is 6.69. The zero-order chi connectivity index (χ0) is 15.4. The van der Waals surface area contributed by atoms with Crippen molar-refractivity contribution in [3.8, 4) is 5.75 Å². The monoisotopic (exact) mass is 282 g/mol. The number of carbonyl (C=O) groups is 1. The molecule has 108 valence electrons. The molecule has 2 rings (SSSR count). The number of nitrogens with zero attached hydrogens (tertiary/aromatic N) is 1. The maximum Gasteiger partial charge on any atom is 0.271 e. The number of para-hydroxylation sites is 1. The summed E-state index contributed by atoms with van der Waals surface area (Å²) in [6, 6.07) is 12.5. The lowest BCUT2D eigenvalue weighted by molar-refractivity contribution is 0.0954. The van der Waals surface area contributed by atoms with Crippen LogP contribution in [-0.2, 0) is 0 Å². The summed E-state index contributed by atoms with van der Waals surface area (Å²) in [5.74, 6) is -0.123. The molecule has 0 aromatic heterocycles. The van der Waals surface area contributed by atoms with E-state index in [2.05, 4.69) is 10.5 Å². The summed E-state index contributed by atoms with van der Waals surface area (Å²) in [5, 5.41) is 13.8. The average molecular weight is 282 g/mol. The number of phenols is 1. The minimum Gasteiger partial charge on any atom is -0.507 e. The number of nitrogens with one attached hydrogen (secondary N) is 1. The number of aryl methyl sites for hydroxylation is 2. The number of amides is 1. The zero-order valence-corrected chi connectivity index (χ0v) is 12.3. The molecule has 1 amide bonds. The molecule has 0 fully saturated rings. The lowest BCUT2D eigenvalue weighted by atomic mass is 10.1. The van der Waals surface area contributed by atoms with Gasteiger partial charge in [-0.25, -0.2) is 5.43 Å². The lowest BCUT2D eigenvalue weighted by Gasteiger charge is -2.07. The summed E-state index contributed by atoms with van der Waals surface area (Å²) >= 11 is 0. The Balaban J connectivity index is 2.17. The molecule has 0 bridgehead atoms. The molecule has 4 nitrogen and oxygen atoms in total. The van der Waals surface area contributed by atoms with Crippen LogP contribution in [0, 0.1) is 13.8 Å². The van der Waals surface area contributed by atoms with Gasteiger partial charge in [-0.2, -0.15) is 5.10 Å². The first-order chi connectivity index (χ1) is 9.99. The second-order valence-electron chi connectivity index (χ2n) is 4.97. The van der Waals surface area contributed by atoms with E-state index in [0.29, 0.717) is 16.8 Å². The van der Waals surface area contributed by atoms with Crippen LogP contribution < -0.4 is 5.43 Å². The molecule has 0 atom stereocenters. The number of hydrazone groups is 1. The van der Waals surface area contributed by atoms with E-state index < -0.39 is 0 Å². The van der Waals surface area contributed by atoms with Crippen LogP contribution in [-0.4, -0.2) is 16.7 Å². The SMILES string of the molecule is C/C(=N\NC(=O)c1ccc(C)cc1C)c1ccccc1O. The Morgan fingerprint density at radius 3 is 2.48 bits per heavy atom. The summed E-state index contributed by atoms with van der Waals surface area (Å²) in [4.78, 5) is 12.1. The van der Waals surface area contributed by atoms with E-state index in [-0.39, 0.29) is 11.7 Å². The Morgan fingerprint density at radius 2 is 1.81 bits per heavy atom. The van der Waals surface area contributed by atoms with Gasteiger partial charge in [0.15, 0.2) is 0 Å². The number of hydrogen-bond acceptors (Lipinski definition) is 3. The fourth-order valence-corrected chi connectivity index (χ4v) is 2.10. The molecule has 2 aromatic rings. The van der Waals surface area contributed by atoms with E-state index in [1.165, 1.54) is 0 Å². The highest BCUT2D eigenvalue weighted by Gasteiger charge is 2.09. The molecule has 21 heavy (non-hydrogen) atoms. The molecule has 4 heteroatoms. The molecule has 0 saturated heterocycles. The number of hydrogen-bond donors (Lipinski definition) is 2. The van der Waals surface area contributed by atoms with Gasteiger partial charge in [0.1, 0.15) is 5.75 Å². The summed E-state index contributed by atoms with van der Waals surface area (Å²) in [6.45, 7) is 5.61. The third-order valence-corrected chi connectivity index (χ3v) is 3.25. The fourth-order valence-electron chi connectivity index (χ4n) is 2.10. The number of aromatic hydroxyl groups is 1. The highest BCUT2D eigenvalue weighted by atomic mass is 16.3. The Bertz CT molecular complexity index is 706. The van der Waals surface area contributed by atoms with Gasteiger partial charge in [-0.05, 0) is 44.5 Å². The van der Waals surface area contributed by atoms with E-state index in [1.54, 1.807) is 37.3 Å². The molecule has 0 aliphatic carbocycles. The van der Waals surface area contributed by atoms with Gasteiger partial charge in [0.2, 0.25) is 0 Å². The maximum atomic E-state index is 12.1. The van der Waals surface area contributed by atoms with Crippen molar-refractivity contribution in [3.63, 3.8) is 0 Å². The van der Waals surface area contributed by atoms with E-state index in [9.17, 15) is 9.90 Å². The van der Waals surface area contributed by atoms with Crippen LogP contribution in [0.5, 0.6) is 5.75 Å². The first kappa shape index (κ1) is 14.8. The lowest BCUT2D eigenvalue weighted by Crippen LogP contribution is -2.20. The van der Waals surface area contributed by atoms with Crippen LogP contribution in [0.1, 0.15) is 34.0 Å². The van der Waals surface area contributed by atoms with Crippen molar-refractivity contribution < 1.29 is 9.90 Å². The Kier molecular flexibility index (Phi) is 4.38. The highest BCUT2D eigenvalue weighted by molar-refractivity contribution is 6.02. The van der Waals surface area contributed by atoms with Crippen molar-refractivity contribution >= 4 is 11.6 Å². The maximum absolute atomic E-state index is 12.1. The standard InChI is InChI=1S/C17H18N2O2/c1-11-8-9-14(12(2)10-11)17(21)19-18-13(3)15-6-4-5-7-16(15)20/h4-10,20H,1-3H3,(H,19,21)/b18-13+. The molecular formula is C17H18N2O2. The van der Waals surface area contributed by atoms with Crippen LogP contribution in [0.15, 0.2) is 47.6 Å². The van der Waals surface area contributed by atoms with Crippen molar-refractivity contribution in [2.45, 2.75) is 20.8 Å². The molecule has 0 saturated carbocycles. The first-order valence-electron chi connectivity index (χ1n) is 6.69. The van der Waals surface area contributed by atoms with Crippen LogP contribution in [0.3, 0.4) is 0 Å². The Morgan fingerprint density at radius 1 is 1.10 bits per heavy atom. The van der Waals surface area contributed by atoms with Gasteiger partial charge in [-0.1, -0.05) is 29.8 Å². The van der Waals surface area contributed by atoms with Crippen molar-refractivity contribution in [3.05, 3.63) is 64.7 Å². The minimum absolute atomic E-state index is 0.138. The Hall–Kier alpha value is -2.62. The van der Waals surface area contributed by atoms with Crippen LogP contribution in [0.4, 0.5) is 0 Å². The molecule has 0 aliphatic rings. The zero-order valence-electron chi connectivity index (χ0n) is 12.3. The topological polar surface area (TPSA) is 61.7 Å². The molecule has 0 unspecified atom stereocenters. The number of phenolic OH excluding ortho intramolecular Hbond substituents is 1. The molecule has 0 radical (unpaired) electrons. The molecular weight excluding hydrogens is 264 g/mol. The predicted molar refractivity (Wildman–Crippen MR) is 83.7 cm³/mol. The van der Waals surface area contributed by atoms with Crippen LogP contribution >= 0.6 is 0 Å². The summed E-state index contributed by atoms with van der Waals surface area (Å²) in [7, 11) is 0. The second-order valence-corrected chi connectivity index (χ2v) is 4.97. The third-order valence-electron chi connectivity index (χ3n) is 3.25. The molecule has 2 N–H and O–H groups in total. The smallest absolute Gasteiger partial charge is 0.271 e. The fraction of sp³-hybridized carbons (Fsp3) is 0.176. The van der Waals surface area contributed by atoms with E-state index >= 15 is 0 Å². The quantitative estimate of drug-likeness (QED) is 0.671. The number of carbonyl (C=O) groups excluding carboxylic acids is 1. The molecule has 0 spiro atoms. The molecule has 0 aliphatic heterocycles. The average Bonchev–Trinajstić information content (AvgIpc) is 2.45. The van der Waals surface area contributed by atoms with Crippen molar-refractivity contribution in [1.29, 1.82) is 0 Å². The van der Waals surface area contributed by atoms with Crippen molar-refractivity contribution in [2.24, 2.45) is 5.10 Å². The van der Waals surface area contributed by atoms with Gasteiger partial charge in [-0.3, -0.25) is 4.79 Å². The van der Waals surface area contributed by atoms with E-state index in [4.69, 9.17) is 0 Å². The van der Waals surface area contributed by atoms with Crippen LogP contribution in [0.2, 0.25) is 0 Å². The van der Waals surface area contributed by atoms with Gasteiger partial charge in [-0.15, -0.1) is 0 Å².